The molecule has 0 fully saturated rings. The van der Waals surface area contributed by atoms with Crippen LogP contribution >= 0.6 is 0 Å². The maximum Gasteiger partial charge on any atom is 0.442 e. The number of carbonyl (C=O) groups is 2. The molecule has 44 heavy (non-hydrogen) atoms. The van der Waals surface area contributed by atoms with Gasteiger partial charge < -0.3 is 9.47 Å². The summed E-state index contributed by atoms with van der Waals surface area (Å²) in [6, 6.07) is 3.80. The van der Waals surface area contributed by atoms with E-state index in [1.807, 2.05) is 0 Å². The second kappa shape index (κ2) is 12.9. The zero-order valence-electron chi connectivity index (χ0n) is 22.2. The molecule has 0 atom stereocenters. The number of ether oxygens (including phenoxy) is 2. The molecule has 2 aromatic rings. The van der Waals surface area contributed by atoms with Crippen molar-refractivity contribution >= 4 is 11.9 Å². The van der Waals surface area contributed by atoms with Crippen LogP contribution in [0.25, 0.3) is 11.1 Å². The van der Waals surface area contributed by atoms with Crippen molar-refractivity contribution in [3.8, 4) is 11.1 Å². The number of carbonyl (C=O) groups excluding carboxylic acids is 2. The lowest BCUT2D eigenvalue weighted by Crippen LogP contribution is -2.56. The zero-order valence-corrected chi connectivity index (χ0v) is 22.2. The molecular weight excluding hydrogens is 628 g/mol. The van der Waals surface area contributed by atoms with Gasteiger partial charge in [-0.2, -0.15) is 52.7 Å². The van der Waals surface area contributed by atoms with E-state index in [4.69, 9.17) is 0 Å². The molecule has 0 saturated heterocycles. The molecule has 0 aliphatic rings. The summed E-state index contributed by atoms with van der Waals surface area (Å²) in [7, 11) is 0. The quantitative estimate of drug-likeness (QED) is 0.138. The first-order chi connectivity index (χ1) is 20.1. The van der Waals surface area contributed by atoms with Gasteiger partial charge in [-0.1, -0.05) is 60.7 Å². The molecule has 0 bridgehead atoms. The Morgan fingerprint density at radius 2 is 0.773 bits per heavy atom. The van der Waals surface area contributed by atoms with Gasteiger partial charge in [0.2, 0.25) is 0 Å². The van der Waals surface area contributed by atoms with Gasteiger partial charge in [0.05, 0.1) is 0 Å². The summed E-state index contributed by atoms with van der Waals surface area (Å²) in [5.74, 6) is -3.69. The molecule has 0 N–H and O–H groups in total. The van der Waals surface area contributed by atoms with Gasteiger partial charge in [0, 0.05) is 24.0 Å². The van der Waals surface area contributed by atoms with E-state index in [-0.39, 0.29) is 24.0 Å². The van der Waals surface area contributed by atoms with E-state index in [1.54, 1.807) is 0 Å². The Kier molecular flexibility index (Phi) is 10.7. The maximum absolute atomic E-state index is 13.9. The van der Waals surface area contributed by atoms with Crippen molar-refractivity contribution in [3.63, 3.8) is 0 Å². The lowest BCUT2D eigenvalue weighted by molar-refractivity contribution is -0.378. The Morgan fingerprint density at radius 3 is 0.977 bits per heavy atom. The minimum atomic E-state index is -6.21. The minimum absolute atomic E-state index is 0.246. The summed E-state index contributed by atoms with van der Waals surface area (Å²) in [5.41, 5.74) is -13.9. The van der Waals surface area contributed by atoms with E-state index < -0.39 is 71.8 Å². The van der Waals surface area contributed by atoms with Crippen molar-refractivity contribution in [1.29, 1.82) is 0 Å². The van der Waals surface area contributed by atoms with Crippen LogP contribution in [0.4, 0.5) is 52.7 Å². The van der Waals surface area contributed by atoms with Gasteiger partial charge in [0.25, 0.3) is 0 Å². The van der Waals surface area contributed by atoms with Crippen LogP contribution in [0, 0.1) is 0 Å². The summed E-state index contributed by atoms with van der Waals surface area (Å²) in [5, 5.41) is 0. The highest BCUT2D eigenvalue weighted by atomic mass is 19.4. The first kappa shape index (κ1) is 36.2. The van der Waals surface area contributed by atoms with Gasteiger partial charge in [0.1, 0.15) is 0 Å². The zero-order chi connectivity index (χ0) is 33.8. The van der Waals surface area contributed by atoms with Crippen molar-refractivity contribution in [2.24, 2.45) is 0 Å². The smallest absolute Gasteiger partial charge is 0.434 e. The molecule has 0 unspecified atom stereocenters. The highest BCUT2D eigenvalue weighted by molar-refractivity contribution is 5.72. The van der Waals surface area contributed by atoms with E-state index in [9.17, 15) is 62.3 Å². The molecule has 0 spiro atoms. The number of alkyl halides is 12. The van der Waals surface area contributed by atoms with Gasteiger partial charge in [-0.25, -0.2) is 0 Å². The fourth-order valence-electron chi connectivity index (χ4n) is 4.00. The van der Waals surface area contributed by atoms with E-state index in [1.165, 1.54) is 0 Å². The van der Waals surface area contributed by atoms with Gasteiger partial charge in [0.15, 0.2) is 0 Å². The Morgan fingerprint density at radius 1 is 0.523 bits per heavy atom. The fraction of sp³-hybridized carbons (Fsp3) is 0.357. The fourth-order valence-corrected chi connectivity index (χ4v) is 4.00. The molecule has 0 aromatic heterocycles. The SMILES string of the molecule is C=CCCC(=O)OC(c1ccc(-c2ccc(C(OC(=O)CCC=C)(C(F)(F)F)C(F)(F)F)cc2)cc1)(C(F)(F)F)C(F)(F)F. The van der Waals surface area contributed by atoms with Gasteiger partial charge >= 0.3 is 47.8 Å². The van der Waals surface area contributed by atoms with E-state index >= 15 is 0 Å². The molecule has 0 heterocycles. The molecule has 0 radical (unpaired) electrons. The van der Waals surface area contributed by atoms with Crippen LogP contribution in [-0.4, -0.2) is 36.6 Å². The van der Waals surface area contributed by atoms with Crippen LogP contribution < -0.4 is 0 Å². The number of benzene rings is 2. The van der Waals surface area contributed by atoms with Crippen LogP contribution in [0.15, 0.2) is 73.8 Å². The Balaban J connectivity index is 2.61. The van der Waals surface area contributed by atoms with E-state index in [2.05, 4.69) is 22.6 Å². The number of esters is 2. The molecule has 0 aliphatic carbocycles. The Bertz CT molecular complexity index is 1190. The Labute approximate surface area is 241 Å². The van der Waals surface area contributed by atoms with Gasteiger partial charge in [-0.15, -0.1) is 13.2 Å². The average Bonchev–Trinajstić information content (AvgIpc) is 2.89. The van der Waals surface area contributed by atoms with Crippen molar-refractivity contribution in [2.75, 3.05) is 0 Å². The van der Waals surface area contributed by atoms with E-state index in [0.29, 0.717) is 48.5 Å². The number of rotatable bonds is 11. The third-order valence-corrected chi connectivity index (χ3v) is 6.15. The van der Waals surface area contributed by atoms with Crippen LogP contribution in [0.1, 0.15) is 36.8 Å². The highest BCUT2D eigenvalue weighted by Gasteiger charge is 2.76. The summed E-state index contributed by atoms with van der Waals surface area (Å²) < 4.78 is 175. The van der Waals surface area contributed by atoms with E-state index in [0.717, 1.165) is 12.2 Å². The van der Waals surface area contributed by atoms with Crippen molar-refractivity contribution in [3.05, 3.63) is 85.0 Å². The van der Waals surface area contributed by atoms with Gasteiger partial charge in [-0.3, -0.25) is 9.59 Å². The molecular formula is C28H22F12O4. The summed E-state index contributed by atoms with van der Waals surface area (Å²) in [6.07, 6.45) is -25.0. The first-order valence-corrected chi connectivity index (χ1v) is 12.2. The standard InChI is InChI=1S/C28H22F12O4/c1-3-5-7-21(41)43-23(25(29,30)31,26(32,33)34)19-13-9-17(10-14-19)18-11-15-20(16-12-18)24(27(35,36)37,28(38,39)40)44-22(42)8-6-4-2/h3-4,9-16H,1-2,5-8H2. The molecule has 0 amide bonds. The molecule has 2 aromatic carbocycles. The third-order valence-electron chi connectivity index (χ3n) is 6.15. The van der Waals surface area contributed by atoms with Crippen LogP contribution in [0.3, 0.4) is 0 Å². The topological polar surface area (TPSA) is 52.6 Å². The Hall–Kier alpha value is -3.98. The first-order valence-electron chi connectivity index (χ1n) is 12.2. The number of hydrogen-bond acceptors (Lipinski definition) is 4. The summed E-state index contributed by atoms with van der Waals surface area (Å²) in [6.45, 7) is 6.40. The molecule has 4 nitrogen and oxygen atoms in total. The predicted octanol–water partition coefficient (Wildman–Crippen LogP) is 9.01. The average molecular weight is 650 g/mol. The van der Waals surface area contributed by atoms with Crippen molar-refractivity contribution in [2.45, 2.75) is 61.6 Å². The van der Waals surface area contributed by atoms with Crippen LogP contribution in [0.5, 0.6) is 0 Å². The normalized spacial score (nSPS) is 13.3. The van der Waals surface area contributed by atoms with Crippen molar-refractivity contribution in [1.82, 2.24) is 0 Å². The van der Waals surface area contributed by atoms with Gasteiger partial charge in [-0.05, 0) is 24.0 Å². The highest BCUT2D eigenvalue weighted by Crippen LogP contribution is 2.55. The van der Waals surface area contributed by atoms with Crippen LogP contribution in [-0.2, 0) is 30.3 Å². The summed E-state index contributed by atoms with van der Waals surface area (Å²) in [4.78, 5) is 23.8. The monoisotopic (exact) mass is 650 g/mol. The number of allylic oxidation sites excluding steroid dienone is 2. The largest absolute Gasteiger partial charge is 0.442 e. The summed E-state index contributed by atoms with van der Waals surface area (Å²) >= 11 is 0. The molecule has 0 saturated carbocycles. The van der Waals surface area contributed by atoms with Crippen molar-refractivity contribution < 1.29 is 71.7 Å². The second-order valence-corrected chi connectivity index (χ2v) is 9.11. The van der Waals surface area contributed by atoms with Crippen LogP contribution in [0.2, 0.25) is 0 Å². The minimum Gasteiger partial charge on any atom is -0.434 e. The molecule has 16 heteroatoms. The number of halogens is 12. The maximum atomic E-state index is 13.9. The second-order valence-electron chi connectivity index (χ2n) is 9.11. The lowest BCUT2D eigenvalue weighted by Gasteiger charge is -2.37. The lowest BCUT2D eigenvalue weighted by atomic mass is 9.88. The number of hydrogen-bond donors (Lipinski definition) is 0. The molecule has 0 aliphatic heterocycles. The predicted molar refractivity (Wildman–Crippen MR) is 131 cm³/mol. The molecule has 242 valence electrons. The third kappa shape index (κ3) is 7.04. The molecule has 2 rings (SSSR count).